The average Bonchev–Trinajstić information content (AvgIpc) is 2.64. The minimum atomic E-state index is 0.0578. The van der Waals surface area contributed by atoms with E-state index in [2.05, 4.69) is 26.1 Å². The first kappa shape index (κ1) is 13.9. The Hall–Kier alpha value is -0.120. The highest BCUT2D eigenvalue weighted by Gasteiger charge is 2.36. The van der Waals surface area contributed by atoms with Crippen molar-refractivity contribution in [2.45, 2.75) is 64.2 Å². The minimum Gasteiger partial charge on any atom is -0.382 e. The van der Waals surface area contributed by atoms with Gasteiger partial charge in [0.2, 0.25) is 0 Å². The molecule has 0 spiro atoms. The van der Waals surface area contributed by atoms with Gasteiger partial charge in [0.1, 0.15) is 0 Å². The fourth-order valence-corrected chi connectivity index (χ4v) is 2.44. The second kappa shape index (κ2) is 6.58. The van der Waals surface area contributed by atoms with E-state index in [9.17, 15) is 0 Å². The van der Waals surface area contributed by atoms with Crippen molar-refractivity contribution in [2.24, 2.45) is 0 Å². The molecular weight excluding hydrogens is 202 g/mol. The molecule has 0 aromatic carbocycles. The van der Waals surface area contributed by atoms with Gasteiger partial charge in [-0.1, -0.05) is 26.7 Å². The highest BCUT2D eigenvalue weighted by atomic mass is 16.5. The van der Waals surface area contributed by atoms with Gasteiger partial charge in [-0.25, -0.2) is 0 Å². The maximum absolute atomic E-state index is 6.20. The van der Waals surface area contributed by atoms with Crippen LogP contribution >= 0.6 is 0 Å². The Morgan fingerprint density at radius 3 is 2.31 bits per heavy atom. The Morgan fingerprint density at radius 2 is 1.81 bits per heavy atom. The van der Waals surface area contributed by atoms with Gasteiger partial charge in [0, 0.05) is 19.7 Å². The Kier molecular flexibility index (Phi) is 5.73. The van der Waals surface area contributed by atoms with Crippen molar-refractivity contribution in [1.82, 2.24) is 5.32 Å². The van der Waals surface area contributed by atoms with Crippen LogP contribution < -0.4 is 5.32 Å². The van der Waals surface area contributed by atoms with E-state index in [1.54, 1.807) is 7.11 Å². The lowest BCUT2D eigenvalue weighted by molar-refractivity contribution is -0.103. The van der Waals surface area contributed by atoms with Crippen molar-refractivity contribution in [2.75, 3.05) is 20.3 Å². The first-order valence-corrected chi connectivity index (χ1v) is 6.48. The summed E-state index contributed by atoms with van der Waals surface area (Å²) in [7, 11) is 1.73. The van der Waals surface area contributed by atoms with E-state index < -0.39 is 0 Å². The molecule has 1 unspecified atom stereocenters. The molecule has 1 saturated carbocycles. The lowest BCUT2D eigenvalue weighted by atomic mass is 10.0. The van der Waals surface area contributed by atoms with Gasteiger partial charge in [-0.3, -0.25) is 0 Å². The van der Waals surface area contributed by atoms with Crippen LogP contribution in [0, 0.1) is 0 Å². The first-order chi connectivity index (χ1) is 7.58. The standard InChI is InChI=1S/C13H27NO2/c1-11(2)14-10-13(7-5-6-8-13)16-12(3)9-15-4/h11-12,14H,5-10H2,1-4H3. The second-order valence-electron chi connectivity index (χ2n) is 5.31. The minimum absolute atomic E-state index is 0.0578. The molecule has 1 aliphatic carbocycles. The third-order valence-corrected chi connectivity index (χ3v) is 3.20. The fraction of sp³-hybridized carbons (Fsp3) is 1.00. The molecule has 1 aliphatic rings. The lowest BCUT2D eigenvalue weighted by Gasteiger charge is -2.33. The summed E-state index contributed by atoms with van der Waals surface area (Å²) in [5, 5.41) is 3.51. The third kappa shape index (κ3) is 4.40. The summed E-state index contributed by atoms with van der Waals surface area (Å²) < 4.78 is 11.3. The molecule has 0 heterocycles. The first-order valence-electron chi connectivity index (χ1n) is 6.48. The molecular formula is C13H27NO2. The molecule has 0 bridgehead atoms. The zero-order chi connectivity index (χ0) is 12.0. The van der Waals surface area contributed by atoms with Crippen molar-refractivity contribution in [3.8, 4) is 0 Å². The predicted molar refractivity (Wildman–Crippen MR) is 66.8 cm³/mol. The van der Waals surface area contributed by atoms with E-state index in [1.165, 1.54) is 25.7 Å². The Bertz CT molecular complexity index is 188. The number of ether oxygens (including phenoxy) is 2. The molecule has 0 saturated heterocycles. The van der Waals surface area contributed by atoms with E-state index in [4.69, 9.17) is 9.47 Å². The summed E-state index contributed by atoms with van der Waals surface area (Å²) in [6.45, 7) is 8.11. The van der Waals surface area contributed by atoms with Gasteiger partial charge in [-0.15, -0.1) is 0 Å². The summed E-state index contributed by atoms with van der Waals surface area (Å²) >= 11 is 0. The molecule has 0 aliphatic heterocycles. The van der Waals surface area contributed by atoms with E-state index in [-0.39, 0.29) is 11.7 Å². The van der Waals surface area contributed by atoms with E-state index >= 15 is 0 Å². The van der Waals surface area contributed by atoms with Crippen LogP contribution in [-0.2, 0) is 9.47 Å². The van der Waals surface area contributed by atoms with Crippen molar-refractivity contribution >= 4 is 0 Å². The molecule has 0 radical (unpaired) electrons. The van der Waals surface area contributed by atoms with Crippen LogP contribution in [0.4, 0.5) is 0 Å². The third-order valence-electron chi connectivity index (χ3n) is 3.20. The number of hydrogen-bond acceptors (Lipinski definition) is 3. The topological polar surface area (TPSA) is 30.5 Å². The Labute approximate surface area is 99.9 Å². The van der Waals surface area contributed by atoms with Crippen molar-refractivity contribution in [3.05, 3.63) is 0 Å². The van der Waals surface area contributed by atoms with Crippen molar-refractivity contribution in [1.29, 1.82) is 0 Å². The monoisotopic (exact) mass is 229 g/mol. The van der Waals surface area contributed by atoms with E-state index in [0.717, 1.165) is 6.54 Å². The Balaban J connectivity index is 2.44. The molecule has 1 fully saturated rings. The summed E-state index contributed by atoms with van der Waals surface area (Å²) in [6, 6.07) is 0.527. The van der Waals surface area contributed by atoms with Gasteiger partial charge in [-0.2, -0.15) is 0 Å². The van der Waals surface area contributed by atoms with Crippen LogP contribution in [0.2, 0.25) is 0 Å². The number of nitrogens with one attached hydrogen (secondary N) is 1. The molecule has 16 heavy (non-hydrogen) atoms. The van der Waals surface area contributed by atoms with Crippen LogP contribution in [0.5, 0.6) is 0 Å². The maximum Gasteiger partial charge on any atom is 0.0811 e. The molecule has 0 aromatic heterocycles. The van der Waals surface area contributed by atoms with E-state index in [1.807, 2.05) is 0 Å². The van der Waals surface area contributed by atoms with Crippen molar-refractivity contribution in [3.63, 3.8) is 0 Å². The molecule has 3 nitrogen and oxygen atoms in total. The van der Waals surface area contributed by atoms with Gasteiger partial charge in [0.25, 0.3) is 0 Å². The number of hydrogen-bond donors (Lipinski definition) is 1. The van der Waals surface area contributed by atoms with Crippen molar-refractivity contribution < 1.29 is 9.47 Å². The molecule has 0 aromatic rings. The maximum atomic E-state index is 6.20. The van der Waals surface area contributed by atoms with Crippen LogP contribution in [0.15, 0.2) is 0 Å². The van der Waals surface area contributed by atoms with Gasteiger partial charge >= 0.3 is 0 Å². The normalized spacial score (nSPS) is 21.6. The lowest BCUT2D eigenvalue weighted by Crippen LogP contribution is -2.45. The molecule has 1 atom stereocenters. The van der Waals surface area contributed by atoms with Gasteiger partial charge in [-0.05, 0) is 19.8 Å². The zero-order valence-electron chi connectivity index (χ0n) is 11.2. The quantitative estimate of drug-likeness (QED) is 0.727. The predicted octanol–water partition coefficient (Wildman–Crippen LogP) is 2.35. The van der Waals surface area contributed by atoms with Gasteiger partial charge in [0.05, 0.1) is 18.3 Å². The van der Waals surface area contributed by atoms with Crippen LogP contribution in [0.25, 0.3) is 0 Å². The molecule has 0 amide bonds. The summed E-state index contributed by atoms with van der Waals surface area (Å²) in [5.41, 5.74) is 0.0578. The van der Waals surface area contributed by atoms with Gasteiger partial charge < -0.3 is 14.8 Å². The van der Waals surface area contributed by atoms with Crippen LogP contribution in [0.1, 0.15) is 46.5 Å². The molecule has 1 rings (SSSR count). The molecule has 96 valence electrons. The molecule has 3 heteroatoms. The summed E-state index contributed by atoms with van der Waals surface area (Å²) in [6.07, 6.45) is 5.14. The van der Waals surface area contributed by atoms with Crippen LogP contribution in [0.3, 0.4) is 0 Å². The largest absolute Gasteiger partial charge is 0.382 e. The zero-order valence-corrected chi connectivity index (χ0v) is 11.2. The summed E-state index contributed by atoms with van der Waals surface area (Å²) in [5.74, 6) is 0. The fourth-order valence-electron chi connectivity index (χ4n) is 2.44. The number of rotatable bonds is 7. The van der Waals surface area contributed by atoms with Crippen LogP contribution in [-0.4, -0.2) is 38.0 Å². The highest BCUT2D eigenvalue weighted by Crippen LogP contribution is 2.33. The highest BCUT2D eigenvalue weighted by molar-refractivity contribution is 4.89. The smallest absolute Gasteiger partial charge is 0.0811 e. The average molecular weight is 229 g/mol. The summed E-state index contributed by atoms with van der Waals surface area (Å²) in [4.78, 5) is 0. The SMILES string of the molecule is COCC(C)OC1(CNC(C)C)CCCC1. The van der Waals surface area contributed by atoms with E-state index in [0.29, 0.717) is 12.6 Å². The number of methoxy groups -OCH3 is 1. The molecule has 1 N–H and O–H groups in total. The van der Waals surface area contributed by atoms with Gasteiger partial charge in [0.15, 0.2) is 0 Å². The Morgan fingerprint density at radius 1 is 1.19 bits per heavy atom. The second-order valence-corrected chi connectivity index (χ2v) is 5.31.